The number of hydrogen-bond acceptors (Lipinski definition) is 5. The fraction of sp³-hybridized carbons (Fsp3) is 0.966. The Morgan fingerprint density at radius 1 is 1.00 bits per heavy atom. The number of fused-ring (bicyclic) bond motifs is 7. The first-order valence-electron chi connectivity index (χ1n) is 14.3. The molecule has 0 aromatic rings. The van der Waals surface area contributed by atoms with Crippen LogP contribution in [-0.2, 0) is 19.0 Å². The molecule has 5 heteroatoms. The van der Waals surface area contributed by atoms with E-state index < -0.39 is 5.79 Å². The minimum atomic E-state index is -0.425. The molecule has 34 heavy (non-hydrogen) atoms. The Kier molecular flexibility index (Phi) is 5.53. The summed E-state index contributed by atoms with van der Waals surface area (Å²) in [4.78, 5) is 11.6. The number of ether oxygens (including phenoxy) is 3. The highest BCUT2D eigenvalue weighted by Crippen LogP contribution is 2.71. The van der Waals surface area contributed by atoms with Gasteiger partial charge in [0.05, 0.1) is 18.8 Å². The van der Waals surface area contributed by atoms with E-state index in [2.05, 4.69) is 27.7 Å². The van der Waals surface area contributed by atoms with Crippen LogP contribution >= 0.6 is 0 Å². The summed E-state index contributed by atoms with van der Waals surface area (Å²) < 4.78 is 18.9. The van der Waals surface area contributed by atoms with Gasteiger partial charge in [-0.25, -0.2) is 0 Å². The van der Waals surface area contributed by atoms with Crippen molar-refractivity contribution in [1.29, 1.82) is 0 Å². The molecule has 0 aromatic carbocycles. The molecule has 2 saturated heterocycles. The molecule has 0 bridgehead atoms. The van der Waals surface area contributed by atoms with Crippen molar-refractivity contribution in [1.82, 2.24) is 0 Å². The van der Waals surface area contributed by atoms with Gasteiger partial charge in [0.25, 0.3) is 0 Å². The molecule has 7 unspecified atom stereocenters. The van der Waals surface area contributed by atoms with E-state index in [1.165, 1.54) is 26.2 Å². The number of carbonyl (C=O) groups excluding carboxylic acids is 1. The van der Waals surface area contributed by atoms with Crippen LogP contribution in [0.4, 0.5) is 0 Å². The van der Waals surface area contributed by atoms with Gasteiger partial charge in [-0.3, -0.25) is 4.79 Å². The molecule has 13 atom stereocenters. The lowest BCUT2D eigenvalue weighted by atomic mass is 9.43. The van der Waals surface area contributed by atoms with Crippen LogP contribution in [-0.4, -0.2) is 41.8 Å². The largest absolute Gasteiger partial charge is 0.463 e. The van der Waals surface area contributed by atoms with Gasteiger partial charge in [0.1, 0.15) is 6.10 Å². The second-order valence-corrected chi connectivity index (χ2v) is 13.8. The third-order valence-corrected chi connectivity index (χ3v) is 12.3. The quantitative estimate of drug-likeness (QED) is 0.520. The number of aliphatic hydroxyl groups is 1. The minimum Gasteiger partial charge on any atom is -0.463 e. The van der Waals surface area contributed by atoms with E-state index in [-0.39, 0.29) is 35.1 Å². The number of carbonyl (C=O) groups is 1. The van der Waals surface area contributed by atoms with Crippen molar-refractivity contribution in [2.75, 3.05) is 6.61 Å². The summed E-state index contributed by atoms with van der Waals surface area (Å²) in [5.74, 6) is 3.11. The molecule has 5 nitrogen and oxygen atoms in total. The van der Waals surface area contributed by atoms with E-state index in [9.17, 15) is 9.90 Å². The van der Waals surface area contributed by atoms with Gasteiger partial charge in [-0.15, -0.1) is 0 Å². The van der Waals surface area contributed by atoms with Gasteiger partial charge < -0.3 is 19.3 Å². The van der Waals surface area contributed by atoms with E-state index in [0.717, 1.165) is 45.1 Å². The van der Waals surface area contributed by atoms with Crippen LogP contribution in [0.15, 0.2) is 0 Å². The molecule has 0 amide bonds. The fourth-order valence-electron chi connectivity index (χ4n) is 10.5. The summed E-state index contributed by atoms with van der Waals surface area (Å²) in [6.45, 7) is 11.8. The van der Waals surface area contributed by atoms with E-state index in [4.69, 9.17) is 14.2 Å². The average Bonchev–Trinajstić information content (AvgIpc) is 3.23. The smallest absolute Gasteiger partial charge is 0.302 e. The Balaban J connectivity index is 1.24. The van der Waals surface area contributed by atoms with Gasteiger partial charge in [0.15, 0.2) is 5.79 Å². The van der Waals surface area contributed by atoms with Gasteiger partial charge in [-0.1, -0.05) is 27.7 Å². The lowest BCUT2D eigenvalue weighted by Crippen LogP contribution is -2.59. The van der Waals surface area contributed by atoms with Crippen LogP contribution in [0, 0.1) is 52.3 Å². The van der Waals surface area contributed by atoms with Crippen molar-refractivity contribution in [3.05, 3.63) is 0 Å². The SMILES string of the molecule is CC(=O)O[C@@H]1CC[C@]2(C)C3C[C@H](O)[C@@]4(C)C(CC5OC6(CCC(C)CO6)[C@@H](C)C54)C3CC[C@@H]2C1. The van der Waals surface area contributed by atoms with Crippen molar-refractivity contribution in [2.45, 2.75) is 117 Å². The number of hydrogen-bond donors (Lipinski definition) is 1. The maximum atomic E-state index is 11.9. The molecule has 4 saturated carbocycles. The van der Waals surface area contributed by atoms with E-state index in [0.29, 0.717) is 41.4 Å². The molecule has 2 aliphatic heterocycles. The van der Waals surface area contributed by atoms with E-state index >= 15 is 0 Å². The third kappa shape index (κ3) is 3.18. The Hall–Kier alpha value is -0.650. The highest BCUT2D eigenvalue weighted by atomic mass is 16.7. The zero-order chi connectivity index (χ0) is 24.0. The minimum absolute atomic E-state index is 0.0837. The maximum Gasteiger partial charge on any atom is 0.302 e. The first-order chi connectivity index (χ1) is 16.1. The molecule has 6 aliphatic rings. The molecular weight excluding hydrogens is 428 g/mol. The molecule has 0 radical (unpaired) electrons. The topological polar surface area (TPSA) is 65.0 Å². The predicted octanol–water partition coefficient (Wildman–Crippen LogP) is 5.34. The lowest BCUT2D eigenvalue weighted by Gasteiger charge is -2.62. The molecule has 6 rings (SSSR count). The molecule has 1 spiro atoms. The summed E-state index contributed by atoms with van der Waals surface area (Å²) in [6, 6.07) is 0. The average molecular weight is 475 g/mol. The van der Waals surface area contributed by atoms with Crippen molar-refractivity contribution in [3.63, 3.8) is 0 Å². The predicted molar refractivity (Wildman–Crippen MR) is 129 cm³/mol. The Bertz CT molecular complexity index is 819. The molecule has 1 N–H and O–H groups in total. The van der Waals surface area contributed by atoms with Crippen LogP contribution in [0.1, 0.15) is 92.4 Å². The van der Waals surface area contributed by atoms with Crippen LogP contribution in [0.2, 0.25) is 0 Å². The van der Waals surface area contributed by atoms with Crippen molar-refractivity contribution >= 4 is 5.97 Å². The molecule has 6 fully saturated rings. The fourth-order valence-corrected chi connectivity index (χ4v) is 10.5. The van der Waals surface area contributed by atoms with E-state index in [1.54, 1.807) is 0 Å². The molecule has 192 valence electrons. The van der Waals surface area contributed by atoms with E-state index in [1.807, 2.05) is 0 Å². The molecule has 0 aromatic heterocycles. The summed E-state index contributed by atoms with van der Waals surface area (Å²) in [6.07, 6.45) is 9.76. The van der Waals surface area contributed by atoms with Crippen LogP contribution in [0.3, 0.4) is 0 Å². The number of rotatable bonds is 1. The highest BCUT2D eigenvalue weighted by Gasteiger charge is 2.71. The zero-order valence-electron chi connectivity index (χ0n) is 21.9. The summed E-state index contributed by atoms with van der Waals surface area (Å²) in [5, 5.41) is 11.9. The first-order valence-corrected chi connectivity index (χ1v) is 14.3. The highest BCUT2D eigenvalue weighted by molar-refractivity contribution is 5.66. The van der Waals surface area contributed by atoms with Crippen molar-refractivity contribution in [3.8, 4) is 0 Å². The van der Waals surface area contributed by atoms with Crippen LogP contribution in [0.25, 0.3) is 0 Å². The summed E-state index contributed by atoms with van der Waals surface area (Å²) in [7, 11) is 0. The molecular formula is C29H46O5. The second-order valence-electron chi connectivity index (χ2n) is 13.8. The second kappa shape index (κ2) is 7.92. The van der Waals surface area contributed by atoms with Crippen LogP contribution in [0.5, 0.6) is 0 Å². The normalized spacial score (nSPS) is 58.5. The van der Waals surface area contributed by atoms with Crippen molar-refractivity contribution in [2.24, 2.45) is 52.3 Å². The number of aliphatic hydroxyl groups excluding tert-OH is 1. The monoisotopic (exact) mass is 474 g/mol. The van der Waals surface area contributed by atoms with Gasteiger partial charge in [-0.2, -0.15) is 0 Å². The van der Waals surface area contributed by atoms with Gasteiger partial charge >= 0.3 is 5.97 Å². The standard InChI is InChI=1S/C29H46O5/c1-16-8-11-29(32-15-16)17(2)26-24(34-29)13-23-21-7-6-19-12-20(33-18(3)30)9-10-27(19,4)22(21)14-25(31)28(23,26)5/h16-17,19-26,31H,6-15H2,1-5H3/t16?,17-,19+,20+,21?,22?,23?,24?,25-,26?,27-,28+,29?/m0/s1. The first kappa shape index (κ1) is 23.7. The Labute approximate surface area is 205 Å². The number of esters is 1. The van der Waals surface area contributed by atoms with Gasteiger partial charge in [0, 0.05) is 30.6 Å². The van der Waals surface area contributed by atoms with Crippen LogP contribution < -0.4 is 0 Å². The van der Waals surface area contributed by atoms with Gasteiger partial charge in [0.2, 0.25) is 0 Å². The van der Waals surface area contributed by atoms with Crippen molar-refractivity contribution < 1.29 is 24.1 Å². The summed E-state index contributed by atoms with van der Waals surface area (Å²) >= 11 is 0. The Morgan fingerprint density at radius 3 is 2.50 bits per heavy atom. The zero-order valence-corrected chi connectivity index (χ0v) is 21.9. The third-order valence-electron chi connectivity index (χ3n) is 12.3. The molecule has 2 heterocycles. The lowest BCUT2D eigenvalue weighted by molar-refractivity contribution is -0.274. The summed E-state index contributed by atoms with van der Waals surface area (Å²) in [5.41, 5.74) is 0.162. The maximum absolute atomic E-state index is 11.9. The van der Waals surface area contributed by atoms with Gasteiger partial charge in [-0.05, 0) is 86.4 Å². The Morgan fingerprint density at radius 2 is 1.79 bits per heavy atom. The molecule has 4 aliphatic carbocycles.